The fourth-order valence-corrected chi connectivity index (χ4v) is 2.22. The van der Waals surface area contributed by atoms with E-state index in [1.807, 2.05) is 0 Å². The second-order valence-corrected chi connectivity index (χ2v) is 4.45. The molecule has 1 aliphatic rings. The molecule has 0 unspecified atom stereocenters. The molecule has 6 nitrogen and oxygen atoms in total. The Morgan fingerprint density at radius 2 is 2.26 bits per heavy atom. The molecule has 0 saturated heterocycles. The molecule has 0 fully saturated rings. The third kappa shape index (κ3) is 2.29. The molecule has 2 N–H and O–H groups in total. The average molecular weight is 259 g/mol. The number of nitrogens with zero attached hydrogens (tertiary/aromatic N) is 2. The summed E-state index contributed by atoms with van der Waals surface area (Å²) in [4.78, 5) is 19.7. The Bertz CT molecular complexity index is 666. The molecule has 3 rings (SSSR count). The Morgan fingerprint density at radius 3 is 3.11 bits per heavy atom. The van der Waals surface area contributed by atoms with Gasteiger partial charge in [0.25, 0.3) is 0 Å². The minimum Gasteiger partial charge on any atom is -0.502 e. The van der Waals surface area contributed by atoms with Crippen molar-refractivity contribution in [3.63, 3.8) is 0 Å². The predicted molar refractivity (Wildman–Crippen MR) is 68.0 cm³/mol. The van der Waals surface area contributed by atoms with E-state index in [4.69, 9.17) is 9.52 Å². The second-order valence-electron chi connectivity index (χ2n) is 4.45. The maximum Gasteiger partial charge on any atom is 0.226 e. The van der Waals surface area contributed by atoms with Gasteiger partial charge in [-0.25, -0.2) is 9.97 Å². The van der Waals surface area contributed by atoms with E-state index < -0.39 is 5.43 Å². The van der Waals surface area contributed by atoms with E-state index in [1.165, 1.54) is 6.07 Å². The highest BCUT2D eigenvalue weighted by molar-refractivity contribution is 5.48. The van der Waals surface area contributed by atoms with E-state index >= 15 is 0 Å². The van der Waals surface area contributed by atoms with Crippen molar-refractivity contribution in [2.75, 3.05) is 5.32 Å². The normalized spacial score (nSPS) is 13.3. The predicted octanol–water partition coefficient (Wildman–Crippen LogP) is 1.24. The fourth-order valence-electron chi connectivity index (χ4n) is 2.22. The number of anilines is 1. The van der Waals surface area contributed by atoms with Gasteiger partial charge in [0.1, 0.15) is 24.2 Å². The van der Waals surface area contributed by atoms with Gasteiger partial charge < -0.3 is 14.8 Å². The van der Waals surface area contributed by atoms with Gasteiger partial charge in [0.2, 0.25) is 5.43 Å². The van der Waals surface area contributed by atoms with E-state index in [0.29, 0.717) is 12.3 Å². The molecule has 0 aliphatic heterocycles. The van der Waals surface area contributed by atoms with E-state index in [9.17, 15) is 4.79 Å². The standard InChI is InChI=1S/C13H13N3O3/c17-11-4-8(19-6-12(11)18)5-14-13-9-2-1-3-10(9)15-7-16-13/h4,6-7,18H,1-3,5H2,(H,14,15,16). The first kappa shape index (κ1) is 11.7. The molecular weight excluding hydrogens is 246 g/mol. The lowest BCUT2D eigenvalue weighted by atomic mass is 10.2. The monoisotopic (exact) mass is 259 g/mol. The van der Waals surface area contributed by atoms with Crippen LogP contribution in [0.3, 0.4) is 0 Å². The highest BCUT2D eigenvalue weighted by Crippen LogP contribution is 2.25. The first-order valence-electron chi connectivity index (χ1n) is 6.11. The average Bonchev–Trinajstić information content (AvgIpc) is 2.89. The van der Waals surface area contributed by atoms with Gasteiger partial charge in [-0.05, 0) is 19.3 Å². The summed E-state index contributed by atoms with van der Waals surface area (Å²) < 4.78 is 5.12. The Kier molecular flexibility index (Phi) is 2.91. The van der Waals surface area contributed by atoms with Gasteiger partial charge in [-0.15, -0.1) is 0 Å². The number of fused-ring (bicyclic) bond motifs is 1. The van der Waals surface area contributed by atoms with Crippen molar-refractivity contribution in [2.24, 2.45) is 0 Å². The molecule has 0 aromatic carbocycles. The number of rotatable bonds is 3. The summed E-state index contributed by atoms with van der Waals surface area (Å²) in [5, 5.41) is 12.3. The topological polar surface area (TPSA) is 88.3 Å². The minimum absolute atomic E-state index is 0.346. The lowest BCUT2D eigenvalue weighted by Gasteiger charge is -2.08. The highest BCUT2D eigenvalue weighted by atomic mass is 16.4. The molecule has 0 bridgehead atoms. The van der Waals surface area contributed by atoms with E-state index in [0.717, 1.165) is 42.6 Å². The summed E-state index contributed by atoms with van der Waals surface area (Å²) >= 11 is 0. The van der Waals surface area contributed by atoms with Crippen LogP contribution in [0.5, 0.6) is 5.75 Å². The molecule has 2 aromatic rings. The molecule has 19 heavy (non-hydrogen) atoms. The summed E-state index contributed by atoms with van der Waals surface area (Å²) in [7, 11) is 0. The van der Waals surface area contributed by atoms with Gasteiger partial charge in [0.15, 0.2) is 5.75 Å². The zero-order valence-corrected chi connectivity index (χ0v) is 10.2. The van der Waals surface area contributed by atoms with Crippen molar-refractivity contribution < 1.29 is 9.52 Å². The van der Waals surface area contributed by atoms with Crippen LogP contribution in [-0.2, 0) is 19.4 Å². The molecule has 0 atom stereocenters. The van der Waals surface area contributed by atoms with E-state index in [-0.39, 0.29) is 5.75 Å². The van der Waals surface area contributed by atoms with E-state index in [2.05, 4.69) is 15.3 Å². The minimum atomic E-state index is -0.448. The first-order valence-corrected chi connectivity index (χ1v) is 6.11. The quantitative estimate of drug-likeness (QED) is 0.862. The zero-order valence-electron chi connectivity index (χ0n) is 10.2. The fraction of sp³-hybridized carbons (Fsp3) is 0.308. The molecule has 1 aliphatic carbocycles. The Hall–Kier alpha value is -2.37. The summed E-state index contributed by atoms with van der Waals surface area (Å²) in [6.07, 6.45) is 5.64. The van der Waals surface area contributed by atoms with Crippen molar-refractivity contribution >= 4 is 5.82 Å². The van der Waals surface area contributed by atoms with Crippen molar-refractivity contribution in [1.82, 2.24) is 9.97 Å². The van der Waals surface area contributed by atoms with Gasteiger partial charge in [-0.2, -0.15) is 0 Å². The van der Waals surface area contributed by atoms with Crippen molar-refractivity contribution in [3.8, 4) is 5.75 Å². The van der Waals surface area contributed by atoms with Gasteiger partial charge in [-0.3, -0.25) is 4.79 Å². The summed E-state index contributed by atoms with van der Waals surface area (Å²) in [6, 6.07) is 1.27. The van der Waals surface area contributed by atoms with Crippen LogP contribution in [0.4, 0.5) is 5.82 Å². The summed E-state index contributed by atoms with van der Waals surface area (Å²) in [6.45, 7) is 0.346. The van der Waals surface area contributed by atoms with Crippen molar-refractivity contribution in [3.05, 3.63) is 45.9 Å². The molecule has 98 valence electrons. The van der Waals surface area contributed by atoms with Gasteiger partial charge in [-0.1, -0.05) is 0 Å². The summed E-state index contributed by atoms with van der Waals surface area (Å²) in [5.74, 6) is 0.859. The Morgan fingerprint density at radius 1 is 1.37 bits per heavy atom. The molecule has 0 saturated carbocycles. The van der Waals surface area contributed by atoms with Crippen molar-refractivity contribution in [2.45, 2.75) is 25.8 Å². The molecule has 2 heterocycles. The number of hydrogen-bond donors (Lipinski definition) is 2. The Balaban J connectivity index is 1.78. The molecule has 2 aromatic heterocycles. The number of aryl methyl sites for hydroxylation is 1. The molecule has 0 amide bonds. The highest BCUT2D eigenvalue weighted by Gasteiger charge is 2.16. The smallest absolute Gasteiger partial charge is 0.226 e. The van der Waals surface area contributed by atoms with Crippen LogP contribution in [0.15, 0.2) is 27.9 Å². The van der Waals surface area contributed by atoms with Gasteiger partial charge in [0.05, 0.1) is 6.54 Å². The maximum atomic E-state index is 11.3. The third-order valence-corrected chi connectivity index (χ3v) is 3.17. The van der Waals surface area contributed by atoms with Crippen LogP contribution in [0, 0.1) is 0 Å². The van der Waals surface area contributed by atoms with Crippen LogP contribution in [-0.4, -0.2) is 15.1 Å². The van der Waals surface area contributed by atoms with Gasteiger partial charge in [0, 0.05) is 17.3 Å². The second kappa shape index (κ2) is 4.72. The molecule has 0 radical (unpaired) electrons. The van der Waals surface area contributed by atoms with Crippen LogP contribution < -0.4 is 10.7 Å². The summed E-state index contributed by atoms with van der Waals surface area (Å²) in [5.41, 5.74) is 1.78. The molecule has 6 heteroatoms. The van der Waals surface area contributed by atoms with Gasteiger partial charge >= 0.3 is 0 Å². The third-order valence-electron chi connectivity index (χ3n) is 3.17. The lowest BCUT2D eigenvalue weighted by molar-refractivity contribution is 0.415. The van der Waals surface area contributed by atoms with Crippen LogP contribution in [0.25, 0.3) is 0 Å². The zero-order chi connectivity index (χ0) is 13.2. The van der Waals surface area contributed by atoms with Crippen LogP contribution >= 0.6 is 0 Å². The lowest BCUT2D eigenvalue weighted by Crippen LogP contribution is -2.08. The number of nitrogens with one attached hydrogen (secondary N) is 1. The van der Waals surface area contributed by atoms with Crippen LogP contribution in [0.1, 0.15) is 23.4 Å². The first-order chi connectivity index (χ1) is 9.24. The maximum absolute atomic E-state index is 11.3. The largest absolute Gasteiger partial charge is 0.502 e. The number of aromatic nitrogens is 2. The van der Waals surface area contributed by atoms with Crippen molar-refractivity contribution in [1.29, 1.82) is 0 Å². The molecular formula is C13H13N3O3. The van der Waals surface area contributed by atoms with E-state index in [1.54, 1.807) is 6.33 Å². The number of hydrogen-bond acceptors (Lipinski definition) is 6. The number of aromatic hydroxyl groups is 1. The van der Waals surface area contributed by atoms with Crippen LogP contribution in [0.2, 0.25) is 0 Å². The SMILES string of the molecule is O=c1cc(CNc2ncnc3c2CCC3)occ1O. The Labute approximate surface area is 109 Å². The molecule has 0 spiro atoms.